The van der Waals surface area contributed by atoms with Gasteiger partial charge in [0, 0.05) is 5.56 Å². The monoisotopic (exact) mass is 351 g/mol. The van der Waals surface area contributed by atoms with Crippen LogP contribution in [0.4, 0.5) is 5.69 Å². The Bertz CT molecular complexity index is 964. The topological polar surface area (TPSA) is 70.6 Å². The van der Waals surface area contributed by atoms with Crippen molar-refractivity contribution in [2.75, 3.05) is 5.32 Å². The van der Waals surface area contributed by atoms with Crippen molar-refractivity contribution < 1.29 is 9.59 Å². The highest BCUT2D eigenvalue weighted by molar-refractivity contribution is 6.41. The summed E-state index contributed by atoms with van der Waals surface area (Å²) in [6.07, 6.45) is 1.50. The molecule has 3 aromatic rings. The Morgan fingerprint density at radius 1 is 0.880 bits per heavy atom. The Morgan fingerprint density at radius 3 is 2.44 bits per heavy atom. The molecule has 124 valence electrons. The summed E-state index contributed by atoms with van der Waals surface area (Å²) in [5, 5.41) is 8.71. The zero-order valence-corrected chi connectivity index (χ0v) is 13.8. The predicted octanol–water partition coefficient (Wildman–Crippen LogP) is 3.58. The normalized spacial score (nSPS) is 10.8. The fraction of sp³-hybridized carbons (Fsp3) is 0. The van der Waals surface area contributed by atoms with Gasteiger partial charge in [-0.25, -0.2) is 5.43 Å². The number of carbonyl (C=O) groups excluding carboxylic acids is 2. The van der Waals surface area contributed by atoms with Crippen LogP contribution in [0.3, 0.4) is 0 Å². The van der Waals surface area contributed by atoms with Crippen LogP contribution in [-0.2, 0) is 9.59 Å². The van der Waals surface area contributed by atoms with Gasteiger partial charge in [-0.15, -0.1) is 0 Å². The Morgan fingerprint density at radius 2 is 1.60 bits per heavy atom. The van der Waals surface area contributed by atoms with E-state index in [4.69, 9.17) is 11.6 Å². The summed E-state index contributed by atoms with van der Waals surface area (Å²) >= 11 is 5.94. The van der Waals surface area contributed by atoms with E-state index in [-0.39, 0.29) is 0 Å². The van der Waals surface area contributed by atoms with Crippen LogP contribution in [0.2, 0.25) is 5.02 Å². The molecule has 5 nitrogen and oxygen atoms in total. The van der Waals surface area contributed by atoms with E-state index in [2.05, 4.69) is 15.8 Å². The number of hydrogen-bond acceptors (Lipinski definition) is 3. The van der Waals surface area contributed by atoms with Crippen LogP contribution in [0.1, 0.15) is 5.56 Å². The third-order valence-corrected chi connectivity index (χ3v) is 3.85. The highest BCUT2D eigenvalue weighted by Crippen LogP contribution is 2.20. The smallest absolute Gasteiger partial charge is 0.316 e. The second-order valence-corrected chi connectivity index (χ2v) is 5.61. The van der Waals surface area contributed by atoms with Crippen molar-refractivity contribution in [3.8, 4) is 0 Å². The van der Waals surface area contributed by atoms with E-state index < -0.39 is 11.8 Å². The molecular weight excluding hydrogens is 338 g/mol. The van der Waals surface area contributed by atoms with Gasteiger partial charge in [0.25, 0.3) is 0 Å². The molecule has 3 rings (SSSR count). The molecule has 0 saturated heterocycles. The third-order valence-electron chi connectivity index (χ3n) is 3.52. The lowest BCUT2D eigenvalue weighted by Gasteiger charge is -2.05. The summed E-state index contributed by atoms with van der Waals surface area (Å²) in [7, 11) is 0. The lowest BCUT2D eigenvalue weighted by molar-refractivity contribution is -0.136. The van der Waals surface area contributed by atoms with Gasteiger partial charge in [0.05, 0.1) is 16.9 Å². The van der Waals surface area contributed by atoms with Crippen molar-refractivity contribution >= 4 is 46.1 Å². The summed E-state index contributed by atoms with van der Waals surface area (Å²) in [4.78, 5) is 23.7. The molecule has 0 bridgehead atoms. The van der Waals surface area contributed by atoms with Crippen molar-refractivity contribution in [2.24, 2.45) is 5.10 Å². The quantitative estimate of drug-likeness (QED) is 0.430. The second-order valence-electron chi connectivity index (χ2n) is 5.20. The third kappa shape index (κ3) is 4.02. The molecule has 0 fully saturated rings. The molecule has 0 aliphatic carbocycles. The number of fused-ring (bicyclic) bond motifs is 1. The lowest BCUT2D eigenvalue weighted by atomic mass is 10.1. The van der Waals surface area contributed by atoms with Crippen LogP contribution in [0, 0.1) is 0 Å². The second kappa shape index (κ2) is 7.59. The number of hydrazone groups is 1. The maximum atomic E-state index is 11.9. The number of anilines is 1. The standard InChI is InChI=1S/C19H14ClN3O2/c20-16-10-3-4-11-17(16)22-18(24)19(25)23-21-12-14-8-5-7-13-6-1-2-9-15(13)14/h1-12H,(H,22,24)(H,23,25)/b21-12+. The molecule has 25 heavy (non-hydrogen) atoms. The molecule has 2 N–H and O–H groups in total. The lowest BCUT2D eigenvalue weighted by Crippen LogP contribution is -2.32. The van der Waals surface area contributed by atoms with Crippen LogP contribution in [0.5, 0.6) is 0 Å². The Labute approximate surface area is 149 Å². The fourth-order valence-electron chi connectivity index (χ4n) is 2.32. The molecule has 0 spiro atoms. The highest BCUT2D eigenvalue weighted by atomic mass is 35.5. The minimum Gasteiger partial charge on any atom is -0.316 e. The first kappa shape index (κ1) is 16.7. The van der Waals surface area contributed by atoms with Crippen molar-refractivity contribution in [3.63, 3.8) is 0 Å². The van der Waals surface area contributed by atoms with Gasteiger partial charge < -0.3 is 5.32 Å². The molecule has 0 radical (unpaired) electrons. The molecular formula is C19H14ClN3O2. The Balaban J connectivity index is 1.66. The summed E-state index contributed by atoms with van der Waals surface area (Å²) in [5.41, 5.74) is 3.41. The van der Waals surface area contributed by atoms with E-state index in [0.29, 0.717) is 10.7 Å². The van der Waals surface area contributed by atoms with E-state index in [1.54, 1.807) is 24.3 Å². The Hall–Kier alpha value is -3.18. The van der Waals surface area contributed by atoms with Gasteiger partial charge in [0.1, 0.15) is 0 Å². The van der Waals surface area contributed by atoms with E-state index in [1.165, 1.54) is 6.21 Å². The van der Waals surface area contributed by atoms with E-state index in [1.807, 2.05) is 42.5 Å². The SMILES string of the molecule is O=C(N/N=C/c1cccc2ccccc12)C(=O)Nc1ccccc1Cl. The van der Waals surface area contributed by atoms with E-state index in [9.17, 15) is 9.59 Å². The molecule has 0 aliphatic rings. The zero-order valence-electron chi connectivity index (χ0n) is 13.1. The molecule has 3 aromatic carbocycles. The average Bonchev–Trinajstić information content (AvgIpc) is 2.63. The number of carbonyl (C=O) groups is 2. The number of hydrogen-bond donors (Lipinski definition) is 2. The number of halogens is 1. The zero-order chi connectivity index (χ0) is 17.6. The van der Waals surface area contributed by atoms with Gasteiger partial charge in [0.2, 0.25) is 0 Å². The number of benzene rings is 3. The molecule has 6 heteroatoms. The van der Waals surface area contributed by atoms with Crippen molar-refractivity contribution in [1.29, 1.82) is 0 Å². The van der Waals surface area contributed by atoms with Crippen molar-refractivity contribution in [2.45, 2.75) is 0 Å². The highest BCUT2D eigenvalue weighted by Gasteiger charge is 2.14. The number of nitrogens with one attached hydrogen (secondary N) is 2. The van der Waals surface area contributed by atoms with Gasteiger partial charge in [-0.05, 0) is 22.9 Å². The first-order valence-electron chi connectivity index (χ1n) is 7.52. The summed E-state index contributed by atoms with van der Waals surface area (Å²) in [5.74, 6) is -1.72. The van der Waals surface area contributed by atoms with Gasteiger partial charge in [-0.1, -0.05) is 66.2 Å². The minimum atomic E-state index is -0.878. The Kier molecular flexibility index (Phi) is 5.06. The fourth-order valence-corrected chi connectivity index (χ4v) is 2.50. The molecule has 0 saturated carbocycles. The van der Waals surface area contributed by atoms with Crippen molar-refractivity contribution in [3.05, 3.63) is 77.3 Å². The first-order chi connectivity index (χ1) is 12.1. The van der Waals surface area contributed by atoms with Crippen molar-refractivity contribution in [1.82, 2.24) is 5.43 Å². The maximum Gasteiger partial charge on any atom is 0.329 e. The largest absolute Gasteiger partial charge is 0.329 e. The molecule has 2 amide bonds. The average molecular weight is 352 g/mol. The molecule has 0 heterocycles. The summed E-state index contributed by atoms with van der Waals surface area (Å²) in [6, 6.07) is 20.2. The number of para-hydroxylation sites is 1. The predicted molar refractivity (Wildman–Crippen MR) is 99.8 cm³/mol. The van der Waals surface area contributed by atoms with E-state index >= 15 is 0 Å². The van der Waals surface area contributed by atoms with Crippen LogP contribution in [0.15, 0.2) is 71.8 Å². The van der Waals surface area contributed by atoms with Gasteiger partial charge in [0.15, 0.2) is 0 Å². The summed E-state index contributed by atoms with van der Waals surface area (Å²) < 4.78 is 0. The number of amides is 2. The number of nitrogens with zero attached hydrogens (tertiary/aromatic N) is 1. The van der Waals surface area contributed by atoms with Crippen LogP contribution >= 0.6 is 11.6 Å². The molecule has 0 aromatic heterocycles. The molecule has 0 aliphatic heterocycles. The van der Waals surface area contributed by atoms with Crippen LogP contribution in [0.25, 0.3) is 10.8 Å². The molecule has 0 unspecified atom stereocenters. The van der Waals surface area contributed by atoms with Gasteiger partial charge in [-0.2, -0.15) is 5.10 Å². The summed E-state index contributed by atoms with van der Waals surface area (Å²) in [6.45, 7) is 0. The van der Waals surface area contributed by atoms with E-state index in [0.717, 1.165) is 16.3 Å². The van der Waals surface area contributed by atoms with Crippen LogP contribution in [-0.4, -0.2) is 18.0 Å². The van der Waals surface area contributed by atoms with Gasteiger partial charge in [-0.3, -0.25) is 9.59 Å². The first-order valence-corrected chi connectivity index (χ1v) is 7.89. The maximum absolute atomic E-state index is 11.9. The van der Waals surface area contributed by atoms with Crippen LogP contribution < -0.4 is 10.7 Å². The van der Waals surface area contributed by atoms with Gasteiger partial charge >= 0.3 is 11.8 Å². The minimum absolute atomic E-state index is 0.350. The number of rotatable bonds is 3. The molecule has 0 atom stereocenters.